The Labute approximate surface area is 148 Å². The Kier molecular flexibility index (Phi) is 10.8. The highest BCUT2D eigenvalue weighted by molar-refractivity contribution is 7.98. The number of hydrogen-bond donors (Lipinski definition) is 3. The van der Waals surface area contributed by atoms with Crippen molar-refractivity contribution in [1.82, 2.24) is 10.6 Å². The Morgan fingerprint density at radius 3 is 2.46 bits per heavy atom. The van der Waals surface area contributed by atoms with Crippen LogP contribution in [0.2, 0.25) is 0 Å². The number of carbonyl (C=O) groups is 2. The maximum Gasteiger partial charge on any atom is 0.327 e. The van der Waals surface area contributed by atoms with Crippen LogP contribution in [0.5, 0.6) is 0 Å². The Hall–Kier alpha value is -0.600. The Morgan fingerprint density at radius 2 is 1.92 bits per heavy atom. The highest BCUT2D eigenvalue weighted by atomic mass is 32.2. The van der Waals surface area contributed by atoms with Crippen LogP contribution in [-0.4, -0.2) is 68.5 Å². The van der Waals surface area contributed by atoms with Gasteiger partial charge >= 0.3 is 7.60 Å². The molecule has 0 radical (unpaired) electrons. The van der Waals surface area contributed by atoms with Gasteiger partial charge in [-0.2, -0.15) is 11.8 Å². The summed E-state index contributed by atoms with van der Waals surface area (Å²) in [6, 6.07) is 0. The molecule has 2 amide bonds. The van der Waals surface area contributed by atoms with Crippen molar-refractivity contribution in [2.24, 2.45) is 5.41 Å². The fourth-order valence-electron chi connectivity index (χ4n) is 1.55. The zero-order valence-electron chi connectivity index (χ0n) is 15.0. The summed E-state index contributed by atoms with van der Waals surface area (Å²) in [5, 5.41) is 15.4. The van der Waals surface area contributed by atoms with Crippen molar-refractivity contribution < 1.29 is 28.3 Å². The maximum atomic E-state index is 12.0. The first-order valence-corrected chi connectivity index (χ1v) is 10.9. The van der Waals surface area contributed by atoms with Gasteiger partial charge in [0.1, 0.15) is 6.10 Å². The van der Waals surface area contributed by atoms with Crippen molar-refractivity contribution in [3.05, 3.63) is 0 Å². The molecule has 2 atom stereocenters. The molecular weight excluding hydrogens is 355 g/mol. The molecule has 10 heteroatoms. The molecule has 0 saturated carbocycles. The largest absolute Gasteiger partial charge is 0.383 e. The first kappa shape index (κ1) is 23.4. The van der Waals surface area contributed by atoms with E-state index in [0.717, 1.165) is 5.75 Å². The summed E-state index contributed by atoms with van der Waals surface area (Å²) in [5.74, 6) is 0.0608. The monoisotopic (exact) mass is 384 g/mol. The minimum atomic E-state index is -3.19. The van der Waals surface area contributed by atoms with Crippen molar-refractivity contribution in [1.29, 1.82) is 0 Å². The summed E-state index contributed by atoms with van der Waals surface area (Å²) in [6.07, 6.45) is 0.717. The number of aliphatic hydroxyl groups excluding tert-OH is 1. The van der Waals surface area contributed by atoms with Crippen LogP contribution in [0.3, 0.4) is 0 Å². The molecule has 0 aliphatic heterocycles. The van der Waals surface area contributed by atoms with E-state index in [2.05, 4.69) is 10.6 Å². The quantitative estimate of drug-likeness (QED) is 0.337. The van der Waals surface area contributed by atoms with E-state index in [0.29, 0.717) is 6.54 Å². The third-order valence-electron chi connectivity index (χ3n) is 3.27. The fourth-order valence-corrected chi connectivity index (χ4v) is 2.53. The predicted molar refractivity (Wildman–Crippen MR) is 95.3 cm³/mol. The lowest BCUT2D eigenvalue weighted by atomic mass is 9.87. The van der Waals surface area contributed by atoms with Crippen LogP contribution >= 0.6 is 19.4 Å². The van der Waals surface area contributed by atoms with Gasteiger partial charge in [0, 0.05) is 44.5 Å². The number of thioether (sulfide) groups is 1. The van der Waals surface area contributed by atoms with Gasteiger partial charge in [0.15, 0.2) is 0 Å². The lowest BCUT2D eigenvalue weighted by Crippen LogP contribution is -2.46. The molecule has 142 valence electrons. The number of aliphatic hydroxyl groups is 1. The van der Waals surface area contributed by atoms with E-state index >= 15 is 0 Å². The molecule has 8 nitrogen and oxygen atoms in total. The molecule has 0 aromatic heterocycles. The van der Waals surface area contributed by atoms with Gasteiger partial charge in [0.05, 0.1) is 6.61 Å². The van der Waals surface area contributed by atoms with Gasteiger partial charge < -0.3 is 24.8 Å². The molecule has 2 unspecified atom stereocenters. The van der Waals surface area contributed by atoms with E-state index in [1.54, 1.807) is 25.6 Å². The second-order valence-electron chi connectivity index (χ2n) is 6.00. The van der Waals surface area contributed by atoms with Gasteiger partial charge in [-0.05, 0) is 6.26 Å². The van der Waals surface area contributed by atoms with E-state index in [-0.39, 0.29) is 25.5 Å². The average Bonchev–Trinajstić information content (AvgIpc) is 2.52. The third-order valence-corrected chi connectivity index (χ3v) is 5.14. The second-order valence-corrected chi connectivity index (χ2v) is 9.15. The highest BCUT2D eigenvalue weighted by Gasteiger charge is 2.35. The average molecular weight is 384 g/mol. The summed E-state index contributed by atoms with van der Waals surface area (Å²) >= 11 is 1.63. The van der Waals surface area contributed by atoms with E-state index in [1.807, 2.05) is 6.26 Å². The molecule has 0 aromatic rings. The van der Waals surface area contributed by atoms with E-state index < -0.39 is 25.0 Å². The maximum absolute atomic E-state index is 12.0. The normalized spacial score (nSPS) is 15.4. The topological polar surface area (TPSA) is 114 Å². The van der Waals surface area contributed by atoms with Crippen LogP contribution in [0.1, 0.15) is 20.3 Å². The minimum absolute atomic E-state index is 0.113. The van der Waals surface area contributed by atoms with E-state index in [4.69, 9.17) is 9.05 Å². The number of hydrogen-bond acceptors (Lipinski definition) is 7. The molecule has 0 aliphatic rings. The van der Waals surface area contributed by atoms with Gasteiger partial charge in [-0.25, -0.2) is 0 Å². The fraction of sp³-hybridized carbons (Fsp3) is 0.857. The SMILES string of the molecule is COP(C)(=O)OCC(C)(C)C(O)C(=O)NCCC(=O)NCCSC. The molecular formula is C14H29N2O6PS. The summed E-state index contributed by atoms with van der Waals surface area (Å²) in [6.45, 7) is 5.13. The third kappa shape index (κ3) is 9.64. The molecule has 0 aliphatic carbocycles. The van der Waals surface area contributed by atoms with Gasteiger partial charge in [-0.3, -0.25) is 14.2 Å². The number of amides is 2. The van der Waals surface area contributed by atoms with Crippen molar-refractivity contribution in [3.63, 3.8) is 0 Å². The lowest BCUT2D eigenvalue weighted by Gasteiger charge is -2.30. The van der Waals surface area contributed by atoms with Crippen LogP contribution in [0.15, 0.2) is 0 Å². The smallest absolute Gasteiger partial charge is 0.327 e. The number of rotatable bonds is 12. The summed E-state index contributed by atoms with van der Waals surface area (Å²) in [7, 11) is -1.92. The van der Waals surface area contributed by atoms with Gasteiger partial charge in [0.25, 0.3) is 0 Å². The Balaban J connectivity index is 4.25. The van der Waals surface area contributed by atoms with Crippen LogP contribution in [0.4, 0.5) is 0 Å². The van der Waals surface area contributed by atoms with Gasteiger partial charge in [0.2, 0.25) is 11.8 Å². The second kappa shape index (κ2) is 11.1. The zero-order valence-corrected chi connectivity index (χ0v) is 16.7. The first-order valence-electron chi connectivity index (χ1n) is 7.55. The Bertz CT molecular complexity index is 461. The summed E-state index contributed by atoms with van der Waals surface area (Å²) in [4.78, 5) is 23.5. The van der Waals surface area contributed by atoms with E-state index in [1.165, 1.54) is 13.8 Å². The van der Waals surface area contributed by atoms with Crippen molar-refractivity contribution in [2.75, 3.05) is 45.5 Å². The molecule has 24 heavy (non-hydrogen) atoms. The molecule has 0 spiro atoms. The first-order chi connectivity index (χ1) is 11.1. The summed E-state index contributed by atoms with van der Waals surface area (Å²) in [5.41, 5.74) is -0.963. The van der Waals surface area contributed by atoms with Crippen molar-refractivity contribution in [3.8, 4) is 0 Å². The molecule has 0 saturated heterocycles. The van der Waals surface area contributed by atoms with Gasteiger partial charge in [-0.1, -0.05) is 13.8 Å². The molecule has 0 aromatic carbocycles. The zero-order chi connectivity index (χ0) is 18.8. The predicted octanol–water partition coefficient (Wildman–Crippen LogP) is 0.845. The van der Waals surface area contributed by atoms with E-state index in [9.17, 15) is 19.3 Å². The molecule has 0 rings (SSSR count). The van der Waals surface area contributed by atoms with Crippen LogP contribution in [0, 0.1) is 5.41 Å². The Morgan fingerprint density at radius 1 is 1.29 bits per heavy atom. The van der Waals surface area contributed by atoms with Crippen LogP contribution < -0.4 is 10.6 Å². The van der Waals surface area contributed by atoms with Gasteiger partial charge in [-0.15, -0.1) is 0 Å². The molecule has 0 heterocycles. The lowest BCUT2D eigenvalue weighted by molar-refractivity contribution is -0.136. The highest BCUT2D eigenvalue weighted by Crippen LogP contribution is 2.44. The number of carbonyl (C=O) groups excluding carboxylic acids is 2. The molecule has 0 bridgehead atoms. The summed E-state index contributed by atoms with van der Waals surface area (Å²) < 4.78 is 21.6. The van der Waals surface area contributed by atoms with Crippen molar-refractivity contribution >= 4 is 31.2 Å². The molecule has 0 fully saturated rings. The van der Waals surface area contributed by atoms with Crippen molar-refractivity contribution in [2.45, 2.75) is 26.4 Å². The molecule has 3 N–H and O–H groups in total. The number of nitrogens with one attached hydrogen (secondary N) is 2. The minimum Gasteiger partial charge on any atom is -0.383 e. The van der Waals surface area contributed by atoms with Crippen LogP contribution in [0.25, 0.3) is 0 Å². The van der Waals surface area contributed by atoms with Crippen LogP contribution in [-0.2, 0) is 23.2 Å². The standard InChI is InChI=1S/C14H29N2O6PS/c1-14(2,10-22-23(4,20)21-3)12(18)13(19)16-7-6-11(17)15-8-9-24-5/h12,18H,6-10H2,1-5H3,(H,15,17)(H,16,19).